The van der Waals surface area contributed by atoms with Crippen molar-refractivity contribution in [3.05, 3.63) is 23.5 Å². The van der Waals surface area contributed by atoms with E-state index in [1.165, 1.54) is 51.5 Å². The summed E-state index contributed by atoms with van der Waals surface area (Å²) in [6, 6.07) is 1.60. The summed E-state index contributed by atoms with van der Waals surface area (Å²) in [5.41, 5.74) is 0.949. The molecule has 152 valence electrons. The zero-order valence-corrected chi connectivity index (χ0v) is 17.0. The van der Waals surface area contributed by atoms with Crippen molar-refractivity contribution >= 4 is 17.7 Å². The first-order valence-electron chi connectivity index (χ1n) is 10.4. The number of nitrogens with zero attached hydrogens (tertiary/aromatic N) is 1. The number of aromatic nitrogens is 1. The first-order chi connectivity index (χ1) is 13.3. The number of nitrogens with one attached hydrogen (secondary N) is 1. The molecule has 4 saturated carbocycles. The number of amides is 1. The van der Waals surface area contributed by atoms with E-state index < -0.39 is 5.97 Å². The molecule has 1 N–H and O–H groups in total. The molecule has 0 aromatic carbocycles. The SMILES string of the molecule is CC(=O)c1cc(C(=O)OCC(=O)N[C@H](C)C23CC4CC(CC(C4)C2)C3)n(C)c1. The number of carbonyl (C=O) groups is 3. The second-order valence-electron chi connectivity index (χ2n) is 9.43. The minimum atomic E-state index is -0.590. The predicted octanol–water partition coefficient (Wildman–Crippen LogP) is 3.11. The van der Waals surface area contributed by atoms with Crippen molar-refractivity contribution in [2.24, 2.45) is 30.2 Å². The molecule has 0 spiro atoms. The van der Waals surface area contributed by atoms with Crippen LogP contribution < -0.4 is 5.32 Å². The van der Waals surface area contributed by atoms with Gasteiger partial charge in [-0.05, 0) is 81.6 Å². The topological polar surface area (TPSA) is 77.4 Å². The van der Waals surface area contributed by atoms with Crippen LogP contribution in [-0.2, 0) is 16.6 Å². The molecular formula is C22H30N2O4. The highest BCUT2D eigenvalue weighted by Crippen LogP contribution is 2.61. The van der Waals surface area contributed by atoms with Gasteiger partial charge in [-0.25, -0.2) is 4.79 Å². The van der Waals surface area contributed by atoms with Crippen molar-refractivity contribution in [3.63, 3.8) is 0 Å². The van der Waals surface area contributed by atoms with Crippen LogP contribution in [-0.4, -0.2) is 34.9 Å². The minimum absolute atomic E-state index is 0.103. The maximum Gasteiger partial charge on any atom is 0.355 e. The number of ketones is 1. The highest BCUT2D eigenvalue weighted by molar-refractivity contribution is 5.98. The summed E-state index contributed by atoms with van der Waals surface area (Å²) >= 11 is 0. The molecule has 1 atom stereocenters. The van der Waals surface area contributed by atoms with Gasteiger partial charge < -0.3 is 14.6 Å². The number of esters is 1. The summed E-state index contributed by atoms with van der Waals surface area (Å²) in [5, 5.41) is 3.10. The first kappa shape index (κ1) is 19.2. The molecule has 5 rings (SSSR count). The van der Waals surface area contributed by atoms with Crippen molar-refractivity contribution in [2.75, 3.05) is 6.61 Å². The van der Waals surface area contributed by atoms with Crippen LogP contribution >= 0.6 is 0 Å². The lowest BCUT2D eigenvalue weighted by atomic mass is 9.48. The van der Waals surface area contributed by atoms with E-state index in [2.05, 4.69) is 12.2 Å². The van der Waals surface area contributed by atoms with Crippen LogP contribution in [0.5, 0.6) is 0 Å². The van der Waals surface area contributed by atoms with Crippen LogP contribution in [0, 0.1) is 23.2 Å². The predicted molar refractivity (Wildman–Crippen MR) is 104 cm³/mol. The standard InChI is InChI=1S/C22H30N2O4/c1-13(25)18-7-19(24(3)11-18)21(27)28-12-20(26)23-14(2)22-8-15-4-16(9-22)6-17(5-15)10-22/h7,11,14-17H,4-6,8-10,12H2,1-3H3,(H,23,26)/t14-,15?,16?,17?,22?/m1/s1. The molecular weight excluding hydrogens is 356 g/mol. The van der Waals surface area contributed by atoms with Gasteiger partial charge in [0.25, 0.3) is 5.91 Å². The number of carbonyl (C=O) groups excluding carboxylic acids is 3. The van der Waals surface area contributed by atoms with E-state index >= 15 is 0 Å². The minimum Gasteiger partial charge on any atom is -0.451 e. The fraction of sp³-hybridized carbons (Fsp3) is 0.682. The summed E-state index contributed by atoms with van der Waals surface area (Å²) in [6.07, 6.45) is 9.36. The van der Waals surface area contributed by atoms with E-state index in [0.717, 1.165) is 17.8 Å². The Morgan fingerprint density at radius 1 is 1.18 bits per heavy atom. The Hall–Kier alpha value is -2.11. The van der Waals surface area contributed by atoms with E-state index in [-0.39, 0.29) is 35.4 Å². The van der Waals surface area contributed by atoms with E-state index in [9.17, 15) is 14.4 Å². The Kier molecular flexibility index (Phi) is 4.84. The van der Waals surface area contributed by atoms with E-state index in [1.54, 1.807) is 17.8 Å². The highest BCUT2D eigenvalue weighted by Gasteiger charge is 2.53. The molecule has 4 bridgehead atoms. The van der Waals surface area contributed by atoms with Gasteiger partial charge in [-0.15, -0.1) is 0 Å². The van der Waals surface area contributed by atoms with Crippen LogP contribution in [0.25, 0.3) is 0 Å². The maximum atomic E-state index is 12.4. The smallest absolute Gasteiger partial charge is 0.355 e. The molecule has 0 saturated heterocycles. The molecule has 1 aromatic rings. The van der Waals surface area contributed by atoms with Gasteiger partial charge in [0, 0.05) is 24.8 Å². The largest absolute Gasteiger partial charge is 0.451 e. The zero-order valence-electron chi connectivity index (χ0n) is 17.0. The average molecular weight is 386 g/mol. The Morgan fingerprint density at radius 2 is 1.75 bits per heavy atom. The van der Waals surface area contributed by atoms with Crippen molar-refractivity contribution in [1.29, 1.82) is 0 Å². The quantitative estimate of drug-likeness (QED) is 0.602. The van der Waals surface area contributed by atoms with Crippen LogP contribution in [0.1, 0.15) is 73.2 Å². The normalized spacial score (nSPS) is 31.5. The van der Waals surface area contributed by atoms with Crippen LogP contribution in [0.4, 0.5) is 0 Å². The third-order valence-corrected chi connectivity index (χ3v) is 7.34. The Morgan fingerprint density at radius 3 is 2.25 bits per heavy atom. The maximum absolute atomic E-state index is 12.4. The lowest BCUT2D eigenvalue weighted by Crippen LogP contribution is -2.56. The highest BCUT2D eigenvalue weighted by atomic mass is 16.5. The fourth-order valence-corrected chi connectivity index (χ4v) is 6.31. The third kappa shape index (κ3) is 3.49. The van der Waals surface area contributed by atoms with Crippen LogP contribution in [0.3, 0.4) is 0 Å². The Bertz CT molecular complexity index is 774. The molecule has 1 heterocycles. The molecule has 1 amide bonds. The molecule has 4 aliphatic rings. The Labute approximate surface area is 166 Å². The van der Waals surface area contributed by atoms with Crippen molar-refractivity contribution < 1.29 is 19.1 Å². The zero-order chi connectivity index (χ0) is 20.1. The lowest BCUT2D eigenvalue weighted by molar-refractivity contribution is -0.128. The number of Topliss-reactive ketones (excluding diaryl/α,β-unsaturated/α-hetero) is 1. The molecule has 0 aliphatic heterocycles. The molecule has 1 aromatic heterocycles. The molecule has 4 fully saturated rings. The average Bonchev–Trinajstić information content (AvgIpc) is 3.00. The molecule has 0 radical (unpaired) electrons. The Balaban J connectivity index is 1.32. The molecule has 6 heteroatoms. The summed E-state index contributed by atoms with van der Waals surface area (Å²) in [7, 11) is 1.68. The van der Waals surface area contributed by atoms with Gasteiger partial charge in [-0.2, -0.15) is 0 Å². The van der Waals surface area contributed by atoms with Gasteiger partial charge in [-0.1, -0.05) is 0 Å². The van der Waals surface area contributed by atoms with Gasteiger partial charge >= 0.3 is 5.97 Å². The third-order valence-electron chi connectivity index (χ3n) is 7.34. The van der Waals surface area contributed by atoms with E-state index in [0.29, 0.717) is 5.56 Å². The number of hydrogen-bond acceptors (Lipinski definition) is 4. The van der Waals surface area contributed by atoms with Gasteiger partial charge in [0.05, 0.1) is 0 Å². The number of hydrogen-bond donors (Lipinski definition) is 1. The number of ether oxygens (including phenoxy) is 1. The van der Waals surface area contributed by atoms with Crippen molar-refractivity contribution in [3.8, 4) is 0 Å². The monoisotopic (exact) mass is 386 g/mol. The molecule has 0 unspecified atom stereocenters. The van der Waals surface area contributed by atoms with Gasteiger partial charge in [0.2, 0.25) is 0 Å². The summed E-state index contributed by atoms with van der Waals surface area (Å²) in [6.45, 7) is 3.27. The van der Waals surface area contributed by atoms with E-state index in [4.69, 9.17) is 4.74 Å². The van der Waals surface area contributed by atoms with Gasteiger partial charge in [-0.3, -0.25) is 9.59 Å². The van der Waals surface area contributed by atoms with E-state index in [1.807, 2.05) is 0 Å². The van der Waals surface area contributed by atoms with Crippen LogP contribution in [0.2, 0.25) is 0 Å². The van der Waals surface area contributed by atoms with Gasteiger partial charge in [0.1, 0.15) is 5.69 Å². The van der Waals surface area contributed by atoms with Crippen LogP contribution in [0.15, 0.2) is 12.3 Å². The van der Waals surface area contributed by atoms with Gasteiger partial charge in [0.15, 0.2) is 12.4 Å². The fourth-order valence-electron chi connectivity index (χ4n) is 6.31. The second kappa shape index (κ2) is 7.05. The van der Waals surface area contributed by atoms with Crippen molar-refractivity contribution in [2.45, 2.75) is 58.4 Å². The molecule has 4 aliphatic carbocycles. The summed E-state index contributed by atoms with van der Waals surface area (Å²) in [4.78, 5) is 36.2. The molecule has 6 nitrogen and oxygen atoms in total. The lowest BCUT2D eigenvalue weighted by Gasteiger charge is -2.59. The summed E-state index contributed by atoms with van der Waals surface area (Å²) < 4.78 is 6.75. The summed E-state index contributed by atoms with van der Waals surface area (Å²) in [5.74, 6) is 1.53. The first-order valence-corrected chi connectivity index (χ1v) is 10.4. The second-order valence-corrected chi connectivity index (χ2v) is 9.43. The van der Waals surface area contributed by atoms with Crippen molar-refractivity contribution in [1.82, 2.24) is 9.88 Å². The number of aryl methyl sites for hydroxylation is 1. The molecule has 28 heavy (non-hydrogen) atoms. The number of rotatable bonds is 6.